The van der Waals surface area contributed by atoms with Gasteiger partial charge in [0.2, 0.25) is 0 Å². The van der Waals surface area contributed by atoms with Crippen LogP contribution in [0.25, 0.3) is 6.08 Å². The largest absolute Gasteiger partial charge is 0.398 e. The second-order valence-electron chi connectivity index (χ2n) is 2.97. The van der Waals surface area contributed by atoms with Gasteiger partial charge < -0.3 is 5.73 Å². The van der Waals surface area contributed by atoms with Crippen LogP contribution in [0.15, 0.2) is 18.2 Å². The summed E-state index contributed by atoms with van der Waals surface area (Å²) >= 11 is 0. The Kier molecular flexibility index (Phi) is 2.28. The van der Waals surface area contributed by atoms with Crippen LogP contribution < -0.4 is 5.73 Å². The van der Waals surface area contributed by atoms with E-state index >= 15 is 0 Å². The van der Waals surface area contributed by atoms with Crippen LogP contribution in [0.3, 0.4) is 0 Å². The molecule has 0 bridgehead atoms. The maximum atomic E-state index is 8.46. The van der Waals surface area contributed by atoms with Crippen LogP contribution in [0.1, 0.15) is 18.1 Å². The van der Waals surface area contributed by atoms with E-state index in [1.807, 2.05) is 26.0 Å². The minimum atomic E-state index is -0.0476. The molecule has 1 aromatic rings. The molecule has 1 aromatic carbocycles. The number of nitriles is 1. The number of rotatable bonds is 1. The number of benzene rings is 1. The Hall–Kier alpha value is -1.75. The van der Waals surface area contributed by atoms with E-state index in [2.05, 4.69) is 0 Å². The van der Waals surface area contributed by atoms with Crippen molar-refractivity contribution < 1.29 is 1.37 Å². The molecule has 0 aliphatic carbocycles. The Bertz CT molecular complexity index is 404. The molecular weight excluding hydrogens is 160 g/mol. The highest BCUT2D eigenvalue weighted by molar-refractivity contribution is 5.62. The Balaban J connectivity index is 3.21. The number of nitrogens with zero attached hydrogens (tertiary/aromatic N) is 1. The molecule has 0 heterocycles. The molecule has 0 aromatic heterocycles. The van der Waals surface area contributed by atoms with Crippen LogP contribution in [0.2, 0.25) is 0 Å². The number of hydrogen-bond donors (Lipinski definition) is 1. The summed E-state index contributed by atoms with van der Waals surface area (Å²) in [6, 6.07) is 5.45. The van der Waals surface area contributed by atoms with Crippen molar-refractivity contribution in [3.63, 3.8) is 0 Å². The summed E-state index contributed by atoms with van der Waals surface area (Å²) in [5.41, 5.74) is 9.35. The Morgan fingerprint density at radius 3 is 2.46 bits per heavy atom. The van der Waals surface area contributed by atoms with Gasteiger partial charge in [-0.2, -0.15) is 5.26 Å². The molecule has 13 heavy (non-hydrogen) atoms. The third kappa shape index (κ3) is 2.09. The standard InChI is InChI=1S/C11H12N2/c1-8-6-10(4-3-5-12)7-9(2)11(8)13/h3-4,6-7H,13H2,1-2H3/b4-3+/i3D. The van der Waals surface area contributed by atoms with Gasteiger partial charge in [-0.15, -0.1) is 0 Å². The predicted octanol–water partition coefficient (Wildman–Crippen LogP) is 2.42. The first-order chi connectivity index (χ1) is 6.54. The molecule has 0 fully saturated rings. The van der Waals surface area contributed by atoms with Crippen molar-refractivity contribution in [1.29, 1.82) is 5.26 Å². The summed E-state index contributed by atoms with van der Waals surface area (Å²) < 4.78 is 7.22. The molecule has 0 spiro atoms. The molecule has 0 saturated heterocycles. The quantitative estimate of drug-likeness (QED) is 0.523. The molecule has 2 nitrogen and oxygen atoms in total. The van der Waals surface area contributed by atoms with Crippen LogP contribution in [-0.2, 0) is 0 Å². The van der Waals surface area contributed by atoms with Crippen molar-refractivity contribution in [2.45, 2.75) is 13.8 Å². The highest BCUT2D eigenvalue weighted by Crippen LogP contribution is 2.19. The average Bonchev–Trinajstić information content (AvgIpc) is 2.14. The minimum absolute atomic E-state index is 0.0476. The monoisotopic (exact) mass is 173 g/mol. The first-order valence-corrected chi connectivity index (χ1v) is 3.99. The molecule has 0 saturated carbocycles. The van der Waals surface area contributed by atoms with Gasteiger partial charge in [0.05, 0.1) is 7.44 Å². The van der Waals surface area contributed by atoms with Gasteiger partial charge in [0.25, 0.3) is 0 Å². The first kappa shape index (κ1) is 7.88. The van der Waals surface area contributed by atoms with Crippen molar-refractivity contribution in [2.24, 2.45) is 0 Å². The van der Waals surface area contributed by atoms with Crippen LogP contribution in [0, 0.1) is 25.2 Å². The number of nitrogens with two attached hydrogens (primary N) is 1. The summed E-state index contributed by atoms with van der Waals surface area (Å²) in [7, 11) is 0. The zero-order valence-corrected chi connectivity index (χ0v) is 7.76. The van der Waals surface area contributed by atoms with Gasteiger partial charge in [-0.1, -0.05) is 0 Å². The van der Waals surface area contributed by atoms with Gasteiger partial charge in [-0.05, 0) is 48.7 Å². The molecule has 1 rings (SSSR count). The van der Waals surface area contributed by atoms with E-state index in [0.29, 0.717) is 0 Å². The lowest BCUT2D eigenvalue weighted by Gasteiger charge is -2.05. The van der Waals surface area contributed by atoms with E-state index in [0.717, 1.165) is 22.4 Å². The third-order valence-electron chi connectivity index (χ3n) is 1.92. The van der Waals surface area contributed by atoms with E-state index in [9.17, 15) is 0 Å². The van der Waals surface area contributed by atoms with Crippen molar-refractivity contribution in [1.82, 2.24) is 0 Å². The lowest BCUT2D eigenvalue weighted by molar-refractivity contribution is 1.38. The summed E-state index contributed by atoms with van der Waals surface area (Å²) in [4.78, 5) is 0. The lowest BCUT2D eigenvalue weighted by Crippen LogP contribution is -1.93. The molecule has 0 aliphatic rings. The van der Waals surface area contributed by atoms with Crippen LogP contribution >= 0.6 is 0 Å². The molecule has 0 aliphatic heterocycles. The second-order valence-corrected chi connectivity index (χ2v) is 2.97. The average molecular weight is 173 g/mol. The Morgan fingerprint density at radius 1 is 1.46 bits per heavy atom. The van der Waals surface area contributed by atoms with Crippen LogP contribution in [-0.4, -0.2) is 0 Å². The Morgan fingerprint density at radius 2 is 2.00 bits per heavy atom. The highest BCUT2D eigenvalue weighted by Gasteiger charge is 1.98. The van der Waals surface area contributed by atoms with Crippen molar-refractivity contribution in [3.05, 3.63) is 34.9 Å². The summed E-state index contributed by atoms with van der Waals surface area (Å²) in [6.07, 6.45) is 1.53. The normalized spacial score (nSPS) is 12.1. The maximum Gasteiger partial charge on any atom is 0.0912 e. The molecule has 66 valence electrons. The smallest absolute Gasteiger partial charge is 0.0912 e. The fraction of sp³-hybridized carbons (Fsp3) is 0.182. The van der Waals surface area contributed by atoms with Gasteiger partial charge in [0, 0.05) is 11.7 Å². The van der Waals surface area contributed by atoms with Gasteiger partial charge in [0.1, 0.15) is 0 Å². The number of anilines is 1. The van der Waals surface area contributed by atoms with Crippen molar-refractivity contribution in [3.8, 4) is 6.07 Å². The molecule has 0 unspecified atom stereocenters. The van der Waals surface area contributed by atoms with Crippen molar-refractivity contribution in [2.75, 3.05) is 5.73 Å². The second kappa shape index (κ2) is 3.77. The van der Waals surface area contributed by atoms with E-state index in [4.69, 9.17) is 12.4 Å². The molecule has 0 amide bonds. The minimum Gasteiger partial charge on any atom is -0.398 e. The topological polar surface area (TPSA) is 49.8 Å². The SMILES string of the molecule is [2H]/C(C#N)=C\c1cc(C)c(N)c(C)c1. The number of allylic oxidation sites excluding steroid dienone is 1. The third-order valence-corrected chi connectivity index (χ3v) is 1.92. The highest BCUT2D eigenvalue weighted by atomic mass is 14.6. The summed E-state index contributed by atoms with van der Waals surface area (Å²) in [5, 5.41) is 8.46. The zero-order valence-electron chi connectivity index (χ0n) is 8.76. The molecule has 2 heteroatoms. The zero-order chi connectivity index (χ0) is 10.7. The van der Waals surface area contributed by atoms with Gasteiger partial charge in [-0.3, -0.25) is 0 Å². The van der Waals surface area contributed by atoms with E-state index in [-0.39, 0.29) is 6.05 Å². The molecule has 2 N–H and O–H groups in total. The lowest BCUT2D eigenvalue weighted by atomic mass is 10.0. The van der Waals surface area contributed by atoms with Crippen molar-refractivity contribution >= 4 is 11.8 Å². The van der Waals surface area contributed by atoms with Gasteiger partial charge in [-0.25, -0.2) is 0 Å². The van der Waals surface area contributed by atoms with Crippen LogP contribution in [0.5, 0.6) is 0 Å². The predicted molar refractivity (Wildman–Crippen MR) is 55.0 cm³/mol. The van der Waals surface area contributed by atoms with Gasteiger partial charge in [0.15, 0.2) is 0 Å². The fourth-order valence-electron chi connectivity index (χ4n) is 1.21. The summed E-state index contributed by atoms with van der Waals surface area (Å²) in [6.45, 7) is 3.82. The molecular formula is C11H12N2. The van der Waals surface area contributed by atoms with Gasteiger partial charge >= 0.3 is 0 Å². The maximum absolute atomic E-state index is 8.46. The van der Waals surface area contributed by atoms with E-state index in [1.165, 1.54) is 6.08 Å². The molecule has 0 radical (unpaired) electrons. The van der Waals surface area contributed by atoms with E-state index < -0.39 is 0 Å². The number of aryl methyl sites for hydroxylation is 2. The molecule has 0 atom stereocenters. The fourth-order valence-corrected chi connectivity index (χ4v) is 1.21. The van der Waals surface area contributed by atoms with E-state index in [1.54, 1.807) is 6.07 Å². The number of nitrogen functional groups attached to an aromatic ring is 1. The van der Waals surface area contributed by atoms with Crippen LogP contribution in [0.4, 0.5) is 5.69 Å². The summed E-state index contributed by atoms with van der Waals surface area (Å²) in [5.74, 6) is 0. The first-order valence-electron chi connectivity index (χ1n) is 4.49. The Labute approximate surface area is 79.7 Å². The number of hydrogen-bond acceptors (Lipinski definition) is 2.